The van der Waals surface area contributed by atoms with Gasteiger partial charge in [-0.25, -0.2) is 8.42 Å². The van der Waals surface area contributed by atoms with Gasteiger partial charge in [-0.1, -0.05) is 23.8 Å². The molecule has 1 unspecified atom stereocenters. The van der Waals surface area contributed by atoms with Gasteiger partial charge in [-0.05, 0) is 55.0 Å². The lowest BCUT2D eigenvalue weighted by Crippen LogP contribution is -2.29. The van der Waals surface area contributed by atoms with Crippen LogP contribution in [0.25, 0.3) is 0 Å². The Hall–Kier alpha value is -1.72. The van der Waals surface area contributed by atoms with Gasteiger partial charge in [0.25, 0.3) is 0 Å². The summed E-state index contributed by atoms with van der Waals surface area (Å²) in [5, 5.41) is 0. The Morgan fingerprint density at radius 2 is 1.88 bits per heavy atom. The van der Waals surface area contributed by atoms with Crippen LogP contribution < -0.4 is 0 Å². The van der Waals surface area contributed by atoms with Crippen LogP contribution in [0.1, 0.15) is 31.2 Å². The Kier molecular flexibility index (Phi) is 3.73. The van der Waals surface area contributed by atoms with E-state index < -0.39 is 10.0 Å². The summed E-state index contributed by atoms with van der Waals surface area (Å²) in [6, 6.07) is 6.96. The fourth-order valence-corrected chi connectivity index (χ4v) is 5.45. The number of ketones is 1. The van der Waals surface area contributed by atoms with E-state index in [9.17, 15) is 13.2 Å². The first-order valence-electron chi connectivity index (χ1n) is 8.47. The van der Waals surface area contributed by atoms with Crippen molar-refractivity contribution in [3.63, 3.8) is 0 Å². The molecule has 3 aliphatic rings. The molecule has 2 aliphatic carbocycles. The van der Waals surface area contributed by atoms with Crippen LogP contribution in [0.2, 0.25) is 0 Å². The van der Waals surface area contributed by atoms with Gasteiger partial charge in [-0.2, -0.15) is 4.31 Å². The maximum Gasteiger partial charge on any atom is 0.243 e. The number of Topliss-reactive ketones (excluding diaryl/α,β-unsaturated/α-hetero) is 1. The average Bonchev–Trinajstić information content (AvgIpc) is 3.14. The van der Waals surface area contributed by atoms with Crippen molar-refractivity contribution in [3.8, 4) is 0 Å². The van der Waals surface area contributed by atoms with Gasteiger partial charge in [0.15, 0.2) is 5.78 Å². The summed E-state index contributed by atoms with van der Waals surface area (Å²) in [6.45, 7) is 2.76. The lowest BCUT2D eigenvalue weighted by Gasteiger charge is -2.16. The smallest absolute Gasteiger partial charge is 0.243 e. The highest BCUT2D eigenvalue weighted by molar-refractivity contribution is 7.89. The predicted octanol–water partition coefficient (Wildman–Crippen LogP) is 3.00. The van der Waals surface area contributed by atoms with Crippen molar-refractivity contribution in [3.05, 3.63) is 52.6 Å². The number of allylic oxidation sites excluding steroid dienone is 3. The Balaban J connectivity index is 1.65. The average molecular weight is 343 g/mol. The first-order chi connectivity index (χ1) is 11.4. The number of benzene rings is 1. The molecule has 126 valence electrons. The molecular weight excluding hydrogens is 322 g/mol. The highest BCUT2D eigenvalue weighted by Crippen LogP contribution is 2.39. The highest BCUT2D eigenvalue weighted by atomic mass is 32.2. The van der Waals surface area contributed by atoms with E-state index in [0.717, 1.165) is 41.5 Å². The third kappa shape index (κ3) is 2.56. The molecule has 4 rings (SSSR count). The fourth-order valence-electron chi connectivity index (χ4n) is 3.98. The molecule has 1 aromatic rings. The molecule has 1 aliphatic heterocycles. The van der Waals surface area contributed by atoms with Crippen molar-refractivity contribution in [2.75, 3.05) is 13.1 Å². The minimum Gasteiger partial charge on any atom is -0.295 e. The number of aryl methyl sites for hydroxylation is 1. The molecule has 0 bridgehead atoms. The maximum atomic E-state index is 12.9. The summed E-state index contributed by atoms with van der Waals surface area (Å²) in [5.41, 5.74) is 4.28. The summed E-state index contributed by atoms with van der Waals surface area (Å²) in [7, 11) is -3.50. The molecule has 0 spiro atoms. The van der Waals surface area contributed by atoms with E-state index in [1.165, 1.54) is 4.31 Å². The Morgan fingerprint density at radius 3 is 2.62 bits per heavy atom. The molecule has 4 nitrogen and oxygen atoms in total. The summed E-state index contributed by atoms with van der Waals surface area (Å²) in [4.78, 5) is 12.8. The number of hydrogen-bond donors (Lipinski definition) is 0. The molecule has 24 heavy (non-hydrogen) atoms. The number of carbonyl (C=O) groups is 1. The number of carbonyl (C=O) groups excluding carboxylic acids is 1. The number of sulfonamides is 1. The summed E-state index contributed by atoms with van der Waals surface area (Å²) in [6.07, 6.45) is 5.43. The molecule has 0 radical (unpaired) electrons. The maximum absolute atomic E-state index is 12.9. The molecule has 0 aromatic heterocycles. The zero-order valence-corrected chi connectivity index (χ0v) is 14.6. The van der Waals surface area contributed by atoms with E-state index in [1.807, 2.05) is 19.1 Å². The van der Waals surface area contributed by atoms with Crippen molar-refractivity contribution >= 4 is 15.8 Å². The molecular formula is C19H21NO3S. The second-order valence-corrected chi connectivity index (χ2v) is 8.95. The van der Waals surface area contributed by atoms with Gasteiger partial charge in [0.1, 0.15) is 0 Å². The number of rotatable bonds is 2. The van der Waals surface area contributed by atoms with Crippen LogP contribution in [0.15, 0.2) is 52.0 Å². The Morgan fingerprint density at radius 1 is 1.12 bits per heavy atom. The van der Waals surface area contributed by atoms with Gasteiger partial charge >= 0.3 is 0 Å². The van der Waals surface area contributed by atoms with Gasteiger partial charge in [-0.15, -0.1) is 0 Å². The Bertz CT molecular complexity index is 862. The summed E-state index contributed by atoms with van der Waals surface area (Å²) in [5.74, 6) is 0.247. The molecule has 0 saturated carbocycles. The summed E-state index contributed by atoms with van der Waals surface area (Å²) < 4.78 is 27.3. The molecule has 1 atom stereocenters. The normalized spacial score (nSPS) is 24.6. The minimum atomic E-state index is -3.50. The van der Waals surface area contributed by atoms with Crippen LogP contribution in [-0.4, -0.2) is 31.6 Å². The molecule has 0 N–H and O–H groups in total. The van der Waals surface area contributed by atoms with Crippen molar-refractivity contribution in [1.82, 2.24) is 4.31 Å². The van der Waals surface area contributed by atoms with E-state index >= 15 is 0 Å². The van der Waals surface area contributed by atoms with Crippen molar-refractivity contribution in [2.24, 2.45) is 5.92 Å². The lowest BCUT2D eigenvalue weighted by atomic mass is 9.96. The fraction of sp³-hybridized carbons (Fsp3) is 0.421. The monoisotopic (exact) mass is 343 g/mol. The van der Waals surface area contributed by atoms with Gasteiger partial charge in [0.05, 0.1) is 4.90 Å². The van der Waals surface area contributed by atoms with Crippen LogP contribution >= 0.6 is 0 Å². The van der Waals surface area contributed by atoms with Crippen LogP contribution in [0.4, 0.5) is 0 Å². The van der Waals surface area contributed by atoms with E-state index in [0.29, 0.717) is 24.4 Å². The molecule has 1 saturated heterocycles. The van der Waals surface area contributed by atoms with E-state index in [-0.39, 0.29) is 11.7 Å². The molecule has 1 aromatic carbocycles. The highest BCUT2D eigenvalue weighted by Gasteiger charge is 2.39. The first-order valence-corrected chi connectivity index (χ1v) is 9.91. The van der Waals surface area contributed by atoms with E-state index in [4.69, 9.17) is 0 Å². The van der Waals surface area contributed by atoms with Crippen molar-refractivity contribution in [2.45, 2.75) is 37.5 Å². The predicted molar refractivity (Wildman–Crippen MR) is 92.0 cm³/mol. The van der Waals surface area contributed by atoms with Crippen LogP contribution in [0.5, 0.6) is 0 Å². The quantitative estimate of drug-likeness (QED) is 0.829. The first kappa shape index (κ1) is 15.8. The minimum absolute atomic E-state index is 0.0309. The zero-order valence-electron chi connectivity index (χ0n) is 13.8. The van der Waals surface area contributed by atoms with Gasteiger partial charge in [-0.3, -0.25) is 4.79 Å². The van der Waals surface area contributed by atoms with Crippen LogP contribution in [0.3, 0.4) is 0 Å². The number of fused-ring (bicyclic) bond motifs is 1. The zero-order chi connectivity index (χ0) is 16.9. The second-order valence-electron chi connectivity index (χ2n) is 7.01. The summed E-state index contributed by atoms with van der Waals surface area (Å²) >= 11 is 0. The topological polar surface area (TPSA) is 54.5 Å². The third-order valence-corrected chi connectivity index (χ3v) is 7.18. The SMILES string of the molecule is Cc1ccc(S(=O)(=O)N2CC3=CC4=C(CCC4)C(=O)CC3C2)cc1. The van der Waals surface area contributed by atoms with E-state index in [1.54, 1.807) is 12.1 Å². The molecule has 1 heterocycles. The van der Waals surface area contributed by atoms with Gasteiger partial charge in [0.2, 0.25) is 10.0 Å². The molecule has 1 fully saturated rings. The van der Waals surface area contributed by atoms with Gasteiger partial charge in [0, 0.05) is 25.4 Å². The second kappa shape index (κ2) is 5.67. The third-order valence-electron chi connectivity index (χ3n) is 5.35. The van der Waals surface area contributed by atoms with Crippen molar-refractivity contribution < 1.29 is 13.2 Å². The number of nitrogens with zero attached hydrogens (tertiary/aromatic N) is 1. The van der Waals surface area contributed by atoms with Crippen molar-refractivity contribution in [1.29, 1.82) is 0 Å². The number of hydrogen-bond acceptors (Lipinski definition) is 3. The molecule has 0 amide bonds. The van der Waals surface area contributed by atoms with Crippen LogP contribution in [-0.2, 0) is 14.8 Å². The standard InChI is InChI=1S/C19H21NO3S/c1-13-5-7-17(8-6-13)24(22,23)20-11-15-9-14-3-2-4-18(14)19(21)10-16(15)12-20/h5-9,16H,2-4,10-12H2,1H3. The largest absolute Gasteiger partial charge is 0.295 e. The van der Waals surface area contributed by atoms with Crippen LogP contribution in [0, 0.1) is 12.8 Å². The van der Waals surface area contributed by atoms with E-state index in [2.05, 4.69) is 6.08 Å². The lowest BCUT2D eigenvalue weighted by molar-refractivity contribution is -0.116. The Labute approximate surface area is 142 Å². The molecule has 5 heteroatoms. The van der Waals surface area contributed by atoms with Gasteiger partial charge < -0.3 is 0 Å².